The van der Waals surface area contributed by atoms with Gasteiger partial charge in [-0.05, 0) is 29.7 Å². The normalized spacial score (nSPS) is 14.6. The lowest BCUT2D eigenvalue weighted by atomic mass is 9.97. The van der Waals surface area contributed by atoms with Crippen LogP contribution in [-0.2, 0) is 16.0 Å². The molecule has 0 aromatic heterocycles. The molecule has 0 fully saturated rings. The highest BCUT2D eigenvalue weighted by atomic mass is 16.4. The topological polar surface area (TPSA) is 66.4 Å². The number of nitrogens with one attached hydrogen (secondary N) is 1. The number of hydrogen-bond acceptors (Lipinski definition) is 2. The number of carboxylic acids is 1. The Labute approximate surface area is 92.6 Å². The number of carbonyl (C=O) groups is 2. The van der Waals surface area contributed by atoms with Gasteiger partial charge in [0, 0.05) is 18.2 Å². The predicted molar refractivity (Wildman–Crippen MR) is 60.1 cm³/mol. The van der Waals surface area contributed by atoms with Crippen molar-refractivity contribution in [2.75, 3.05) is 5.32 Å². The lowest BCUT2D eigenvalue weighted by Gasteiger charge is -2.18. The Bertz CT molecular complexity index is 477. The van der Waals surface area contributed by atoms with Crippen molar-refractivity contribution >= 4 is 23.6 Å². The van der Waals surface area contributed by atoms with E-state index in [0.29, 0.717) is 12.8 Å². The lowest BCUT2D eigenvalue weighted by molar-refractivity contribution is -0.131. The van der Waals surface area contributed by atoms with Gasteiger partial charge < -0.3 is 10.4 Å². The molecule has 1 heterocycles. The van der Waals surface area contributed by atoms with E-state index in [1.54, 1.807) is 12.1 Å². The third kappa shape index (κ3) is 2.11. The minimum Gasteiger partial charge on any atom is -0.478 e. The first kappa shape index (κ1) is 10.4. The van der Waals surface area contributed by atoms with Gasteiger partial charge in [0.1, 0.15) is 0 Å². The van der Waals surface area contributed by atoms with E-state index in [1.807, 2.05) is 12.1 Å². The van der Waals surface area contributed by atoms with Crippen LogP contribution in [0.25, 0.3) is 6.08 Å². The van der Waals surface area contributed by atoms with Crippen LogP contribution in [0, 0.1) is 0 Å². The Morgan fingerprint density at radius 2 is 2.19 bits per heavy atom. The van der Waals surface area contributed by atoms with Gasteiger partial charge >= 0.3 is 5.97 Å². The summed E-state index contributed by atoms with van der Waals surface area (Å²) in [6.07, 6.45) is 3.76. The van der Waals surface area contributed by atoms with Crippen LogP contribution >= 0.6 is 0 Å². The molecular formula is C12H11NO3. The summed E-state index contributed by atoms with van der Waals surface area (Å²) in [6.45, 7) is 0. The standard InChI is InChI=1S/C12H11NO3/c14-11-6-5-9-8(4-7-12(15)16)2-1-3-10(9)13-11/h1-4,7H,5-6H2,(H,13,14)(H,15,16). The van der Waals surface area contributed by atoms with Crippen molar-refractivity contribution in [1.29, 1.82) is 0 Å². The van der Waals surface area contributed by atoms with E-state index in [1.165, 1.54) is 0 Å². The van der Waals surface area contributed by atoms with Crippen molar-refractivity contribution in [3.8, 4) is 0 Å². The van der Waals surface area contributed by atoms with Crippen LogP contribution < -0.4 is 5.32 Å². The van der Waals surface area contributed by atoms with E-state index < -0.39 is 5.97 Å². The van der Waals surface area contributed by atoms with Crippen LogP contribution in [0.5, 0.6) is 0 Å². The van der Waals surface area contributed by atoms with Crippen LogP contribution in [0.4, 0.5) is 5.69 Å². The number of amides is 1. The largest absolute Gasteiger partial charge is 0.478 e. The number of fused-ring (bicyclic) bond motifs is 1. The molecule has 0 aliphatic carbocycles. The van der Waals surface area contributed by atoms with E-state index in [0.717, 1.165) is 22.9 Å². The monoisotopic (exact) mass is 217 g/mol. The molecule has 4 nitrogen and oxygen atoms in total. The average molecular weight is 217 g/mol. The molecule has 0 bridgehead atoms. The zero-order valence-corrected chi connectivity index (χ0v) is 8.56. The van der Waals surface area contributed by atoms with Crippen LogP contribution in [0.2, 0.25) is 0 Å². The molecule has 1 aliphatic heterocycles. The van der Waals surface area contributed by atoms with Crippen molar-refractivity contribution in [3.05, 3.63) is 35.4 Å². The van der Waals surface area contributed by atoms with Crippen molar-refractivity contribution in [2.45, 2.75) is 12.8 Å². The van der Waals surface area contributed by atoms with Gasteiger partial charge in [0.2, 0.25) is 5.91 Å². The second kappa shape index (κ2) is 4.18. The van der Waals surface area contributed by atoms with Gasteiger partial charge in [-0.1, -0.05) is 12.1 Å². The van der Waals surface area contributed by atoms with Crippen LogP contribution in [0.15, 0.2) is 24.3 Å². The van der Waals surface area contributed by atoms with E-state index >= 15 is 0 Å². The first-order valence-corrected chi connectivity index (χ1v) is 4.99. The first-order valence-electron chi connectivity index (χ1n) is 4.99. The number of benzene rings is 1. The highest BCUT2D eigenvalue weighted by Gasteiger charge is 2.16. The van der Waals surface area contributed by atoms with Gasteiger partial charge in [-0.25, -0.2) is 4.79 Å². The summed E-state index contributed by atoms with van der Waals surface area (Å²) >= 11 is 0. The Morgan fingerprint density at radius 3 is 2.94 bits per heavy atom. The Hall–Kier alpha value is -2.10. The molecule has 2 rings (SSSR count). The van der Waals surface area contributed by atoms with E-state index in [9.17, 15) is 9.59 Å². The second-order valence-electron chi connectivity index (χ2n) is 3.59. The number of carbonyl (C=O) groups excluding carboxylic acids is 1. The van der Waals surface area contributed by atoms with Crippen LogP contribution in [0.1, 0.15) is 17.5 Å². The van der Waals surface area contributed by atoms with Crippen molar-refractivity contribution in [2.24, 2.45) is 0 Å². The van der Waals surface area contributed by atoms with Crippen molar-refractivity contribution in [1.82, 2.24) is 0 Å². The maximum atomic E-state index is 11.2. The average Bonchev–Trinajstić information content (AvgIpc) is 2.25. The molecule has 0 unspecified atom stereocenters. The molecule has 16 heavy (non-hydrogen) atoms. The summed E-state index contributed by atoms with van der Waals surface area (Å²) in [5.74, 6) is -0.968. The summed E-state index contributed by atoms with van der Waals surface area (Å²) in [4.78, 5) is 21.6. The minimum atomic E-state index is -0.975. The van der Waals surface area contributed by atoms with E-state index in [4.69, 9.17) is 5.11 Å². The van der Waals surface area contributed by atoms with E-state index in [-0.39, 0.29) is 5.91 Å². The summed E-state index contributed by atoms with van der Waals surface area (Å²) in [7, 11) is 0. The van der Waals surface area contributed by atoms with Crippen LogP contribution in [0.3, 0.4) is 0 Å². The fraction of sp³-hybridized carbons (Fsp3) is 0.167. The second-order valence-corrected chi connectivity index (χ2v) is 3.59. The molecule has 1 amide bonds. The Balaban J connectivity index is 2.37. The first-order chi connectivity index (χ1) is 7.66. The molecule has 2 N–H and O–H groups in total. The van der Waals surface area contributed by atoms with Crippen molar-refractivity contribution in [3.63, 3.8) is 0 Å². The van der Waals surface area contributed by atoms with Gasteiger partial charge in [0.05, 0.1) is 0 Å². The van der Waals surface area contributed by atoms with Crippen LogP contribution in [-0.4, -0.2) is 17.0 Å². The van der Waals surface area contributed by atoms with Gasteiger partial charge in [0.15, 0.2) is 0 Å². The Kier molecular flexibility index (Phi) is 2.72. The zero-order chi connectivity index (χ0) is 11.5. The molecule has 1 aromatic carbocycles. The molecule has 4 heteroatoms. The highest BCUT2D eigenvalue weighted by molar-refractivity contribution is 5.95. The molecule has 0 radical (unpaired) electrons. The molecule has 0 saturated heterocycles. The smallest absolute Gasteiger partial charge is 0.328 e. The van der Waals surface area contributed by atoms with Gasteiger partial charge in [-0.15, -0.1) is 0 Å². The van der Waals surface area contributed by atoms with E-state index in [2.05, 4.69) is 5.32 Å². The predicted octanol–water partition coefficient (Wildman–Crippen LogP) is 1.67. The fourth-order valence-corrected chi connectivity index (χ4v) is 1.77. The number of aliphatic carboxylic acids is 1. The number of hydrogen-bond donors (Lipinski definition) is 2. The summed E-state index contributed by atoms with van der Waals surface area (Å²) in [6, 6.07) is 5.46. The third-order valence-electron chi connectivity index (χ3n) is 2.49. The maximum Gasteiger partial charge on any atom is 0.328 e. The molecule has 1 aliphatic rings. The number of rotatable bonds is 2. The quantitative estimate of drug-likeness (QED) is 0.740. The number of anilines is 1. The lowest BCUT2D eigenvalue weighted by Crippen LogP contribution is -2.19. The third-order valence-corrected chi connectivity index (χ3v) is 2.49. The molecule has 0 saturated carbocycles. The fourth-order valence-electron chi connectivity index (χ4n) is 1.77. The van der Waals surface area contributed by atoms with Gasteiger partial charge in [0.25, 0.3) is 0 Å². The zero-order valence-electron chi connectivity index (χ0n) is 8.56. The van der Waals surface area contributed by atoms with Gasteiger partial charge in [-0.2, -0.15) is 0 Å². The molecule has 82 valence electrons. The van der Waals surface area contributed by atoms with Gasteiger partial charge in [-0.3, -0.25) is 4.79 Å². The summed E-state index contributed by atoms with van der Waals surface area (Å²) in [5, 5.41) is 11.3. The summed E-state index contributed by atoms with van der Waals surface area (Å²) in [5.41, 5.74) is 2.63. The number of carboxylic acid groups (broad SMARTS) is 1. The maximum absolute atomic E-state index is 11.2. The molecule has 0 spiro atoms. The molecular weight excluding hydrogens is 206 g/mol. The molecule has 1 aromatic rings. The Morgan fingerprint density at radius 1 is 1.38 bits per heavy atom. The summed E-state index contributed by atoms with van der Waals surface area (Å²) < 4.78 is 0. The minimum absolute atomic E-state index is 0.00636. The highest BCUT2D eigenvalue weighted by Crippen LogP contribution is 2.26. The molecule has 0 atom stereocenters. The van der Waals surface area contributed by atoms with Crippen molar-refractivity contribution < 1.29 is 14.7 Å². The SMILES string of the molecule is O=C(O)C=Cc1cccc2c1CCC(=O)N2.